The van der Waals surface area contributed by atoms with Gasteiger partial charge in [-0.25, -0.2) is 0 Å². The van der Waals surface area contributed by atoms with Crippen LogP contribution in [0.15, 0.2) is 60.7 Å². The Bertz CT molecular complexity index is 1550. The van der Waals surface area contributed by atoms with Crippen LogP contribution >= 0.6 is 0 Å². The molecule has 0 aliphatic heterocycles. The van der Waals surface area contributed by atoms with Gasteiger partial charge in [-0.05, 0) is 66.6 Å². The Morgan fingerprint density at radius 1 is 0.774 bits per heavy atom. The minimum atomic E-state index is -0.180. The maximum absolute atomic E-state index is 10.1. The zero-order chi connectivity index (χ0) is 21.9. The van der Waals surface area contributed by atoms with Crippen LogP contribution in [0.2, 0.25) is 0 Å². The third-order valence-corrected chi connectivity index (χ3v) is 5.74. The average molecular weight is 413 g/mol. The van der Waals surface area contributed by atoms with E-state index in [9.17, 15) is 20.4 Å². The van der Waals surface area contributed by atoms with Crippen LogP contribution in [0.5, 0.6) is 23.0 Å². The van der Waals surface area contributed by atoms with Crippen LogP contribution < -0.4 is 9.90 Å². The Balaban J connectivity index is 1.86. The Kier molecular flexibility index (Phi) is 4.05. The van der Waals surface area contributed by atoms with E-state index in [-0.39, 0.29) is 23.0 Å². The van der Waals surface area contributed by atoms with E-state index in [1.54, 1.807) is 24.3 Å². The van der Waals surface area contributed by atoms with Crippen LogP contribution in [0.4, 0.5) is 0 Å². The van der Waals surface area contributed by atoms with Crippen molar-refractivity contribution in [2.45, 2.75) is 6.92 Å². The van der Waals surface area contributed by atoms with Gasteiger partial charge in [0.25, 0.3) is 0 Å². The SMILES string of the molecule is Cc1ccc(/C=c2/c3cc(O)ccc3n3c2cc(-c2ccc(O)c(O)c2)[n+]3C)cc1O. The number of benzene rings is 3. The number of phenols is 4. The predicted molar refractivity (Wildman–Crippen MR) is 118 cm³/mol. The Morgan fingerprint density at radius 3 is 2.32 bits per heavy atom. The van der Waals surface area contributed by atoms with Crippen molar-refractivity contribution >= 4 is 22.5 Å². The summed E-state index contributed by atoms with van der Waals surface area (Å²) in [5.74, 6) is 0.0528. The molecule has 154 valence electrons. The highest BCUT2D eigenvalue weighted by molar-refractivity contribution is 5.91. The zero-order valence-corrected chi connectivity index (χ0v) is 17.0. The van der Waals surface area contributed by atoms with Gasteiger partial charge in [0.1, 0.15) is 22.5 Å². The zero-order valence-electron chi connectivity index (χ0n) is 17.0. The quantitative estimate of drug-likeness (QED) is 0.264. The molecule has 31 heavy (non-hydrogen) atoms. The molecule has 0 bridgehead atoms. The second-order valence-corrected chi connectivity index (χ2v) is 7.76. The van der Waals surface area contributed by atoms with Crippen molar-refractivity contribution < 1.29 is 25.1 Å². The number of fused-ring (bicyclic) bond motifs is 3. The molecular formula is C25H21N2O4+. The summed E-state index contributed by atoms with van der Waals surface area (Å²) in [5.41, 5.74) is 5.07. The fourth-order valence-electron chi connectivity index (χ4n) is 4.09. The van der Waals surface area contributed by atoms with E-state index < -0.39 is 0 Å². The molecule has 2 aromatic heterocycles. The highest BCUT2D eigenvalue weighted by Crippen LogP contribution is 2.30. The third kappa shape index (κ3) is 2.92. The van der Waals surface area contributed by atoms with Gasteiger partial charge < -0.3 is 20.4 Å². The second-order valence-electron chi connectivity index (χ2n) is 7.76. The molecule has 6 nitrogen and oxygen atoms in total. The lowest BCUT2D eigenvalue weighted by Gasteiger charge is -2.00. The largest absolute Gasteiger partial charge is 0.508 e. The van der Waals surface area contributed by atoms with Crippen molar-refractivity contribution in [3.8, 4) is 34.3 Å². The van der Waals surface area contributed by atoms with Gasteiger partial charge in [0.15, 0.2) is 18.5 Å². The third-order valence-electron chi connectivity index (χ3n) is 5.74. The van der Waals surface area contributed by atoms with Gasteiger partial charge in [0, 0.05) is 16.7 Å². The van der Waals surface area contributed by atoms with Gasteiger partial charge in [0.2, 0.25) is 5.69 Å². The first-order chi connectivity index (χ1) is 14.8. The maximum Gasteiger partial charge on any atom is 0.239 e. The molecule has 0 fully saturated rings. The van der Waals surface area contributed by atoms with Gasteiger partial charge >= 0.3 is 0 Å². The Morgan fingerprint density at radius 2 is 1.58 bits per heavy atom. The van der Waals surface area contributed by atoms with Gasteiger partial charge in [-0.3, -0.25) is 0 Å². The number of hydrogen-bond acceptors (Lipinski definition) is 4. The van der Waals surface area contributed by atoms with Crippen molar-refractivity contribution in [1.29, 1.82) is 0 Å². The number of hydrogen-bond donors (Lipinski definition) is 4. The van der Waals surface area contributed by atoms with Crippen molar-refractivity contribution in [3.05, 3.63) is 77.0 Å². The summed E-state index contributed by atoms with van der Waals surface area (Å²) >= 11 is 0. The molecule has 5 aromatic rings. The summed E-state index contributed by atoms with van der Waals surface area (Å²) < 4.78 is 4.00. The summed E-state index contributed by atoms with van der Waals surface area (Å²) in [7, 11) is 1.92. The first-order valence-corrected chi connectivity index (χ1v) is 9.83. The fraction of sp³-hybridized carbons (Fsp3) is 0.0800. The number of aryl methyl sites for hydroxylation is 2. The van der Waals surface area contributed by atoms with Crippen LogP contribution in [0, 0.1) is 6.92 Å². The number of aromatic nitrogens is 2. The van der Waals surface area contributed by atoms with Crippen LogP contribution in [-0.4, -0.2) is 24.9 Å². The molecule has 0 spiro atoms. The molecule has 5 rings (SSSR count). The first-order valence-electron chi connectivity index (χ1n) is 9.83. The van der Waals surface area contributed by atoms with Crippen molar-refractivity contribution in [2.24, 2.45) is 7.05 Å². The summed E-state index contributed by atoms with van der Waals surface area (Å²) in [4.78, 5) is 0. The lowest BCUT2D eigenvalue weighted by atomic mass is 10.1. The van der Waals surface area contributed by atoms with Gasteiger partial charge in [0.05, 0.1) is 5.56 Å². The lowest BCUT2D eigenvalue weighted by molar-refractivity contribution is -0.725. The number of nitrogens with zero attached hydrogens (tertiary/aromatic N) is 2. The lowest BCUT2D eigenvalue weighted by Crippen LogP contribution is -2.36. The predicted octanol–water partition coefficient (Wildman–Crippen LogP) is 3.26. The van der Waals surface area contributed by atoms with Gasteiger partial charge in [-0.1, -0.05) is 12.1 Å². The molecule has 0 saturated carbocycles. The van der Waals surface area contributed by atoms with E-state index in [4.69, 9.17) is 0 Å². The molecule has 0 aliphatic carbocycles. The Hall–Kier alpha value is -4.19. The summed E-state index contributed by atoms with van der Waals surface area (Å²) in [6.45, 7) is 1.85. The van der Waals surface area contributed by atoms with E-state index in [1.165, 1.54) is 12.1 Å². The van der Waals surface area contributed by atoms with Crippen molar-refractivity contribution in [1.82, 2.24) is 4.52 Å². The van der Waals surface area contributed by atoms with Crippen LogP contribution in [0.25, 0.3) is 33.8 Å². The standard InChI is InChI=1S/C25H20N2O4/c1-14-3-4-15(10-24(14)30)9-18-19-12-17(28)6-7-20(19)27-22(18)13-21(26(27)2)16-5-8-23(29)25(31)11-16/h3-13,28,30-31H,1-2H3/p+1/b18-9-. The highest BCUT2D eigenvalue weighted by atomic mass is 16.3. The normalized spacial score (nSPS) is 12.3. The van der Waals surface area contributed by atoms with Crippen LogP contribution in [0.3, 0.4) is 0 Å². The molecule has 0 amide bonds. The van der Waals surface area contributed by atoms with Gasteiger partial charge in [-0.15, -0.1) is 9.20 Å². The molecule has 0 saturated heterocycles. The highest BCUT2D eigenvalue weighted by Gasteiger charge is 2.23. The average Bonchev–Trinajstić information content (AvgIpc) is 3.22. The molecular weight excluding hydrogens is 392 g/mol. The van der Waals surface area contributed by atoms with E-state index in [2.05, 4.69) is 0 Å². The summed E-state index contributed by atoms with van der Waals surface area (Å²) in [5, 5.41) is 41.6. The Labute approximate surface area is 177 Å². The number of phenolic OH excluding ortho intramolecular Hbond substituents is 4. The molecule has 3 aromatic carbocycles. The topological polar surface area (TPSA) is 89.2 Å². The van der Waals surface area contributed by atoms with Gasteiger partial charge in [-0.2, -0.15) is 0 Å². The first kappa shape index (κ1) is 18.8. The van der Waals surface area contributed by atoms with E-state index in [0.717, 1.165) is 44.0 Å². The smallest absolute Gasteiger partial charge is 0.239 e. The summed E-state index contributed by atoms with van der Waals surface area (Å²) in [6, 6.07) is 17.5. The second kappa shape index (κ2) is 6.67. The fourth-order valence-corrected chi connectivity index (χ4v) is 4.09. The van der Waals surface area contributed by atoms with Crippen LogP contribution in [-0.2, 0) is 7.05 Å². The minimum absolute atomic E-state index is 0.168. The number of aromatic hydroxyl groups is 4. The monoisotopic (exact) mass is 413 g/mol. The van der Waals surface area contributed by atoms with Crippen molar-refractivity contribution in [2.75, 3.05) is 0 Å². The van der Waals surface area contributed by atoms with E-state index in [1.807, 2.05) is 53.5 Å². The van der Waals surface area contributed by atoms with Crippen molar-refractivity contribution in [3.63, 3.8) is 0 Å². The molecule has 0 unspecified atom stereocenters. The molecule has 6 heteroatoms. The summed E-state index contributed by atoms with van der Waals surface area (Å²) in [6.07, 6.45) is 1.98. The minimum Gasteiger partial charge on any atom is -0.508 e. The molecule has 4 N–H and O–H groups in total. The van der Waals surface area contributed by atoms with E-state index >= 15 is 0 Å². The van der Waals surface area contributed by atoms with E-state index in [0.29, 0.717) is 0 Å². The number of rotatable bonds is 2. The molecule has 0 atom stereocenters. The van der Waals surface area contributed by atoms with Crippen LogP contribution in [0.1, 0.15) is 11.1 Å². The molecule has 0 aliphatic rings. The molecule has 0 radical (unpaired) electrons. The molecule has 2 heterocycles. The maximum atomic E-state index is 10.1.